The van der Waals surface area contributed by atoms with E-state index in [1.165, 1.54) is 36.2 Å². The number of amides is 1. The molecule has 1 aliphatic heterocycles. The van der Waals surface area contributed by atoms with Crippen molar-refractivity contribution in [2.24, 2.45) is 0 Å². The lowest BCUT2D eigenvalue weighted by Gasteiger charge is -2.24. The fourth-order valence-corrected chi connectivity index (χ4v) is 3.48. The Morgan fingerprint density at radius 2 is 1.91 bits per heavy atom. The van der Waals surface area contributed by atoms with E-state index in [1.807, 2.05) is 31.2 Å². The summed E-state index contributed by atoms with van der Waals surface area (Å²) in [7, 11) is 0. The van der Waals surface area contributed by atoms with E-state index in [-0.39, 0.29) is 5.91 Å². The zero-order valence-corrected chi connectivity index (χ0v) is 14.2. The molecule has 23 heavy (non-hydrogen) atoms. The quantitative estimate of drug-likeness (QED) is 0.916. The van der Waals surface area contributed by atoms with E-state index in [4.69, 9.17) is 0 Å². The standard InChI is InChI=1S/C17H22N4OS/c1-13-5-7-14(8-6-13)11-18-16(22)17-20-19-15(23-17)12-21-9-3-2-4-10-21/h5-8H,2-4,9-12H2,1H3,(H,18,22). The third-order valence-electron chi connectivity index (χ3n) is 4.04. The van der Waals surface area contributed by atoms with Gasteiger partial charge in [0.25, 0.3) is 5.91 Å². The van der Waals surface area contributed by atoms with Crippen LogP contribution in [0.2, 0.25) is 0 Å². The molecule has 0 bridgehead atoms. The average molecular weight is 330 g/mol. The van der Waals surface area contributed by atoms with Crippen LogP contribution in [-0.2, 0) is 13.1 Å². The zero-order chi connectivity index (χ0) is 16.1. The van der Waals surface area contributed by atoms with E-state index < -0.39 is 0 Å². The van der Waals surface area contributed by atoms with Crippen LogP contribution in [0, 0.1) is 6.92 Å². The number of aromatic nitrogens is 2. The zero-order valence-electron chi connectivity index (χ0n) is 13.4. The van der Waals surface area contributed by atoms with Crippen molar-refractivity contribution < 1.29 is 4.79 Å². The summed E-state index contributed by atoms with van der Waals surface area (Å²) in [6.45, 7) is 5.61. The van der Waals surface area contributed by atoms with Gasteiger partial charge in [-0.2, -0.15) is 0 Å². The maximum absolute atomic E-state index is 12.2. The molecule has 0 spiro atoms. The highest BCUT2D eigenvalue weighted by molar-refractivity contribution is 7.13. The van der Waals surface area contributed by atoms with Crippen LogP contribution >= 0.6 is 11.3 Å². The fraction of sp³-hybridized carbons (Fsp3) is 0.471. The van der Waals surface area contributed by atoms with Crippen molar-refractivity contribution in [3.8, 4) is 0 Å². The van der Waals surface area contributed by atoms with E-state index in [9.17, 15) is 4.79 Å². The minimum atomic E-state index is -0.145. The molecule has 1 saturated heterocycles. The van der Waals surface area contributed by atoms with Gasteiger partial charge < -0.3 is 5.32 Å². The minimum absolute atomic E-state index is 0.145. The Morgan fingerprint density at radius 1 is 1.17 bits per heavy atom. The summed E-state index contributed by atoms with van der Waals surface area (Å²) in [4.78, 5) is 14.6. The van der Waals surface area contributed by atoms with Gasteiger partial charge in [-0.3, -0.25) is 9.69 Å². The highest BCUT2D eigenvalue weighted by atomic mass is 32.1. The molecule has 0 unspecified atom stereocenters. The summed E-state index contributed by atoms with van der Waals surface area (Å²) < 4.78 is 0. The number of rotatable bonds is 5. The first-order valence-corrected chi connectivity index (χ1v) is 8.91. The van der Waals surface area contributed by atoms with Gasteiger partial charge in [0.2, 0.25) is 5.01 Å². The first-order chi connectivity index (χ1) is 11.2. The second kappa shape index (κ2) is 7.66. The van der Waals surface area contributed by atoms with Crippen molar-refractivity contribution in [2.75, 3.05) is 13.1 Å². The normalized spacial score (nSPS) is 15.5. The lowest BCUT2D eigenvalue weighted by atomic mass is 10.1. The Kier molecular flexibility index (Phi) is 5.35. The highest BCUT2D eigenvalue weighted by Gasteiger charge is 2.16. The SMILES string of the molecule is Cc1ccc(CNC(=O)c2nnc(CN3CCCCC3)s2)cc1. The molecule has 0 radical (unpaired) electrons. The van der Waals surface area contributed by atoms with E-state index in [0.717, 1.165) is 30.2 Å². The number of carbonyl (C=O) groups excluding carboxylic acids is 1. The molecular weight excluding hydrogens is 308 g/mol. The van der Waals surface area contributed by atoms with Crippen molar-refractivity contribution in [3.63, 3.8) is 0 Å². The van der Waals surface area contributed by atoms with Crippen molar-refractivity contribution in [1.29, 1.82) is 0 Å². The summed E-state index contributed by atoms with van der Waals surface area (Å²) in [6.07, 6.45) is 3.82. The molecule has 1 N–H and O–H groups in total. The summed E-state index contributed by atoms with van der Waals surface area (Å²) >= 11 is 1.40. The summed E-state index contributed by atoms with van der Waals surface area (Å²) in [5.41, 5.74) is 2.30. The first kappa shape index (κ1) is 16.1. The Bertz CT molecular complexity index is 647. The van der Waals surface area contributed by atoms with E-state index in [2.05, 4.69) is 20.4 Å². The lowest BCUT2D eigenvalue weighted by Crippen LogP contribution is -2.29. The molecule has 1 aromatic heterocycles. The Hall–Kier alpha value is -1.79. The molecule has 5 nitrogen and oxygen atoms in total. The van der Waals surface area contributed by atoms with Crippen LogP contribution < -0.4 is 5.32 Å². The third kappa shape index (κ3) is 4.59. The van der Waals surface area contributed by atoms with Crippen LogP contribution in [0.5, 0.6) is 0 Å². The third-order valence-corrected chi connectivity index (χ3v) is 4.95. The number of nitrogens with zero attached hydrogens (tertiary/aromatic N) is 3. The fourth-order valence-electron chi connectivity index (χ4n) is 2.68. The van der Waals surface area contributed by atoms with Gasteiger partial charge in [-0.05, 0) is 38.4 Å². The van der Waals surface area contributed by atoms with Gasteiger partial charge in [-0.25, -0.2) is 0 Å². The molecule has 3 rings (SSSR count). The number of piperidine rings is 1. The smallest absolute Gasteiger partial charge is 0.282 e. The number of likely N-dealkylation sites (tertiary alicyclic amines) is 1. The summed E-state index contributed by atoms with van der Waals surface area (Å²) in [5.74, 6) is -0.145. The highest BCUT2D eigenvalue weighted by Crippen LogP contribution is 2.16. The van der Waals surface area contributed by atoms with Crippen molar-refractivity contribution in [3.05, 3.63) is 45.4 Å². The van der Waals surface area contributed by atoms with Crippen LogP contribution in [0.3, 0.4) is 0 Å². The average Bonchev–Trinajstić information content (AvgIpc) is 3.03. The number of nitrogens with one attached hydrogen (secondary N) is 1. The van der Waals surface area contributed by atoms with Crippen molar-refractivity contribution >= 4 is 17.2 Å². The molecule has 2 heterocycles. The predicted molar refractivity (Wildman–Crippen MR) is 91.4 cm³/mol. The molecule has 6 heteroatoms. The molecule has 0 aliphatic carbocycles. The first-order valence-electron chi connectivity index (χ1n) is 8.09. The maximum atomic E-state index is 12.2. The molecule has 1 fully saturated rings. The number of hydrogen-bond acceptors (Lipinski definition) is 5. The van der Waals surface area contributed by atoms with E-state index >= 15 is 0 Å². The Morgan fingerprint density at radius 3 is 2.65 bits per heavy atom. The summed E-state index contributed by atoms with van der Waals surface area (Å²) in [5, 5.41) is 12.5. The number of aryl methyl sites for hydroxylation is 1. The summed E-state index contributed by atoms with van der Waals surface area (Å²) in [6, 6.07) is 8.14. The molecule has 1 aliphatic rings. The van der Waals surface area contributed by atoms with Crippen LogP contribution in [0.25, 0.3) is 0 Å². The van der Waals surface area contributed by atoms with Gasteiger partial charge in [0.05, 0.1) is 6.54 Å². The second-order valence-corrected chi connectivity index (χ2v) is 7.07. The molecule has 0 atom stereocenters. The van der Waals surface area contributed by atoms with Crippen molar-refractivity contribution in [2.45, 2.75) is 39.3 Å². The molecule has 1 aromatic carbocycles. The minimum Gasteiger partial charge on any atom is -0.346 e. The Labute approximate surface area is 140 Å². The predicted octanol–water partition coefficient (Wildman–Crippen LogP) is 2.76. The topological polar surface area (TPSA) is 58.1 Å². The lowest BCUT2D eigenvalue weighted by molar-refractivity contribution is 0.0950. The second-order valence-electron chi connectivity index (χ2n) is 6.01. The molecule has 1 amide bonds. The number of carbonyl (C=O) groups is 1. The van der Waals surface area contributed by atoms with Gasteiger partial charge in [0, 0.05) is 6.54 Å². The van der Waals surface area contributed by atoms with Gasteiger partial charge in [-0.15, -0.1) is 10.2 Å². The van der Waals surface area contributed by atoms with Crippen LogP contribution in [-0.4, -0.2) is 34.1 Å². The molecular formula is C17H22N4OS. The van der Waals surface area contributed by atoms with Crippen LogP contribution in [0.4, 0.5) is 0 Å². The number of benzene rings is 1. The van der Waals surface area contributed by atoms with Crippen molar-refractivity contribution in [1.82, 2.24) is 20.4 Å². The number of hydrogen-bond donors (Lipinski definition) is 1. The van der Waals surface area contributed by atoms with E-state index in [1.54, 1.807) is 0 Å². The monoisotopic (exact) mass is 330 g/mol. The van der Waals surface area contributed by atoms with Gasteiger partial charge in [-0.1, -0.05) is 47.6 Å². The van der Waals surface area contributed by atoms with Gasteiger partial charge in [0.1, 0.15) is 5.01 Å². The molecule has 0 saturated carbocycles. The van der Waals surface area contributed by atoms with Crippen LogP contribution in [0.1, 0.15) is 45.2 Å². The van der Waals surface area contributed by atoms with Crippen LogP contribution in [0.15, 0.2) is 24.3 Å². The van der Waals surface area contributed by atoms with E-state index in [0.29, 0.717) is 11.6 Å². The maximum Gasteiger partial charge on any atom is 0.282 e. The molecule has 122 valence electrons. The largest absolute Gasteiger partial charge is 0.346 e. The molecule has 2 aromatic rings. The van der Waals surface area contributed by atoms with Gasteiger partial charge >= 0.3 is 0 Å². The van der Waals surface area contributed by atoms with Gasteiger partial charge in [0.15, 0.2) is 0 Å². The Balaban J connectivity index is 1.52.